The first-order chi connectivity index (χ1) is 10.0. The van der Waals surface area contributed by atoms with Crippen LogP contribution in [-0.2, 0) is 6.42 Å². The van der Waals surface area contributed by atoms with E-state index < -0.39 is 0 Å². The van der Waals surface area contributed by atoms with Crippen LogP contribution in [0.4, 0.5) is 10.1 Å². The smallest absolute Gasteiger partial charge is 0.137 e. The van der Waals surface area contributed by atoms with Gasteiger partial charge in [-0.3, -0.25) is 0 Å². The minimum absolute atomic E-state index is 0.229. The molecule has 1 unspecified atom stereocenters. The van der Waals surface area contributed by atoms with Crippen molar-refractivity contribution in [3.8, 4) is 0 Å². The van der Waals surface area contributed by atoms with Crippen LogP contribution in [-0.4, -0.2) is 12.1 Å². The van der Waals surface area contributed by atoms with E-state index in [0.29, 0.717) is 11.0 Å². The van der Waals surface area contributed by atoms with Gasteiger partial charge >= 0.3 is 0 Å². The van der Waals surface area contributed by atoms with Crippen LogP contribution >= 0.6 is 15.9 Å². The van der Waals surface area contributed by atoms with Crippen LogP contribution in [0.5, 0.6) is 0 Å². The molecule has 0 saturated heterocycles. The molecule has 0 radical (unpaired) electrons. The van der Waals surface area contributed by atoms with Crippen LogP contribution in [0.2, 0.25) is 0 Å². The van der Waals surface area contributed by atoms with Crippen molar-refractivity contribution in [3.05, 3.63) is 64.4 Å². The lowest BCUT2D eigenvalue weighted by atomic mass is 9.93. The third kappa shape index (κ3) is 4.55. The second-order valence-electron chi connectivity index (χ2n) is 5.50. The number of aryl methyl sites for hydroxylation is 1. The molecule has 0 heterocycles. The monoisotopic (exact) mass is 350 g/mol. The standard InChI is InChI=1S/C17H20BrFN2/c1-17(12-20,10-9-13-5-3-2-4-6-13)21-14-7-8-16(19)15(18)11-14/h2-8,11,21H,9-10,12,20H2,1H3. The van der Waals surface area contributed by atoms with Gasteiger partial charge in [0.15, 0.2) is 0 Å². The maximum absolute atomic E-state index is 13.3. The minimum Gasteiger partial charge on any atom is -0.379 e. The summed E-state index contributed by atoms with van der Waals surface area (Å²) in [5, 5.41) is 3.42. The molecule has 4 heteroatoms. The first-order valence-electron chi connectivity index (χ1n) is 7.00. The fraction of sp³-hybridized carbons (Fsp3) is 0.294. The van der Waals surface area contributed by atoms with E-state index in [0.717, 1.165) is 18.5 Å². The highest BCUT2D eigenvalue weighted by Crippen LogP contribution is 2.24. The van der Waals surface area contributed by atoms with Crippen molar-refractivity contribution in [2.75, 3.05) is 11.9 Å². The molecule has 0 aliphatic heterocycles. The Morgan fingerprint density at radius 2 is 1.90 bits per heavy atom. The molecular weight excluding hydrogens is 331 g/mol. The van der Waals surface area contributed by atoms with E-state index in [1.54, 1.807) is 12.1 Å². The summed E-state index contributed by atoms with van der Waals surface area (Å²) in [7, 11) is 0. The summed E-state index contributed by atoms with van der Waals surface area (Å²) in [4.78, 5) is 0. The van der Waals surface area contributed by atoms with Gasteiger partial charge in [-0.05, 0) is 59.5 Å². The Balaban J connectivity index is 2.04. The number of halogens is 2. The van der Waals surface area contributed by atoms with Crippen molar-refractivity contribution in [3.63, 3.8) is 0 Å². The number of hydrogen-bond donors (Lipinski definition) is 2. The summed E-state index contributed by atoms with van der Waals surface area (Å²) in [6.45, 7) is 2.60. The first-order valence-corrected chi connectivity index (χ1v) is 7.79. The Hall–Kier alpha value is -1.39. The van der Waals surface area contributed by atoms with E-state index in [2.05, 4.69) is 40.3 Å². The van der Waals surface area contributed by atoms with Crippen molar-refractivity contribution in [2.24, 2.45) is 5.73 Å². The van der Waals surface area contributed by atoms with Gasteiger partial charge in [0.05, 0.1) is 4.47 Å². The molecule has 0 aliphatic rings. The molecule has 2 rings (SSSR count). The molecule has 2 aromatic carbocycles. The van der Waals surface area contributed by atoms with E-state index in [1.807, 2.05) is 18.2 Å². The van der Waals surface area contributed by atoms with Gasteiger partial charge in [0.25, 0.3) is 0 Å². The zero-order chi connectivity index (χ0) is 15.3. The van der Waals surface area contributed by atoms with Crippen LogP contribution < -0.4 is 11.1 Å². The van der Waals surface area contributed by atoms with Crippen molar-refractivity contribution in [1.29, 1.82) is 0 Å². The summed E-state index contributed by atoms with van der Waals surface area (Å²) in [6, 6.07) is 15.2. The lowest BCUT2D eigenvalue weighted by molar-refractivity contribution is 0.482. The van der Waals surface area contributed by atoms with Gasteiger partial charge in [-0.15, -0.1) is 0 Å². The summed E-state index contributed by atoms with van der Waals surface area (Å²) in [6.07, 6.45) is 1.85. The Morgan fingerprint density at radius 3 is 2.52 bits per heavy atom. The quantitative estimate of drug-likeness (QED) is 0.812. The van der Waals surface area contributed by atoms with Crippen LogP contribution in [0.1, 0.15) is 18.9 Å². The zero-order valence-corrected chi connectivity index (χ0v) is 13.7. The molecular formula is C17H20BrFN2. The third-order valence-corrected chi connectivity index (χ3v) is 4.23. The SMILES string of the molecule is CC(CN)(CCc1ccccc1)Nc1ccc(F)c(Br)c1. The fourth-order valence-corrected chi connectivity index (χ4v) is 2.58. The lowest BCUT2D eigenvalue weighted by Gasteiger charge is -2.31. The van der Waals surface area contributed by atoms with Gasteiger partial charge in [0.1, 0.15) is 5.82 Å². The van der Waals surface area contributed by atoms with E-state index in [-0.39, 0.29) is 11.4 Å². The van der Waals surface area contributed by atoms with Crippen molar-refractivity contribution in [1.82, 2.24) is 0 Å². The summed E-state index contributed by atoms with van der Waals surface area (Å²) in [5.74, 6) is -0.265. The highest BCUT2D eigenvalue weighted by Gasteiger charge is 2.22. The van der Waals surface area contributed by atoms with Crippen LogP contribution in [0, 0.1) is 5.82 Å². The molecule has 112 valence electrons. The molecule has 0 aromatic heterocycles. The fourth-order valence-electron chi connectivity index (χ4n) is 2.20. The summed E-state index contributed by atoms with van der Waals surface area (Å²) in [5.41, 5.74) is 7.87. The van der Waals surface area contributed by atoms with E-state index in [4.69, 9.17) is 5.73 Å². The molecule has 3 N–H and O–H groups in total. The predicted molar refractivity (Wildman–Crippen MR) is 89.9 cm³/mol. The Labute approximate surface area is 133 Å². The number of rotatable bonds is 6. The van der Waals surface area contributed by atoms with Crippen molar-refractivity contribution in [2.45, 2.75) is 25.3 Å². The summed E-state index contributed by atoms with van der Waals surface area (Å²) >= 11 is 3.20. The molecule has 0 fully saturated rings. The van der Waals surface area contributed by atoms with Crippen LogP contribution in [0.15, 0.2) is 53.0 Å². The molecule has 0 spiro atoms. The first kappa shape index (κ1) is 16.0. The second-order valence-corrected chi connectivity index (χ2v) is 6.36. The van der Waals surface area contributed by atoms with Crippen molar-refractivity contribution >= 4 is 21.6 Å². The molecule has 1 atom stereocenters. The Kier molecular flexibility index (Phi) is 5.37. The minimum atomic E-state index is -0.265. The second kappa shape index (κ2) is 7.05. The normalized spacial score (nSPS) is 13.7. The largest absolute Gasteiger partial charge is 0.379 e. The molecule has 0 bridgehead atoms. The molecule has 2 aromatic rings. The van der Waals surface area contributed by atoms with Crippen LogP contribution in [0.3, 0.4) is 0 Å². The third-order valence-electron chi connectivity index (χ3n) is 3.62. The van der Waals surface area contributed by atoms with Gasteiger partial charge in [-0.2, -0.15) is 0 Å². The topological polar surface area (TPSA) is 38.0 Å². The van der Waals surface area contributed by atoms with E-state index in [9.17, 15) is 4.39 Å². The van der Waals surface area contributed by atoms with Gasteiger partial charge in [-0.1, -0.05) is 30.3 Å². The maximum Gasteiger partial charge on any atom is 0.137 e. The zero-order valence-electron chi connectivity index (χ0n) is 12.1. The average Bonchev–Trinajstić information content (AvgIpc) is 2.50. The van der Waals surface area contributed by atoms with Gasteiger partial charge in [0.2, 0.25) is 0 Å². The number of nitrogens with one attached hydrogen (secondary N) is 1. The van der Waals surface area contributed by atoms with E-state index in [1.165, 1.54) is 11.6 Å². The molecule has 0 aliphatic carbocycles. The lowest BCUT2D eigenvalue weighted by Crippen LogP contribution is -2.43. The highest BCUT2D eigenvalue weighted by atomic mass is 79.9. The molecule has 0 amide bonds. The van der Waals surface area contributed by atoms with E-state index >= 15 is 0 Å². The summed E-state index contributed by atoms with van der Waals surface area (Å²) < 4.78 is 13.7. The van der Waals surface area contributed by atoms with Crippen LogP contribution in [0.25, 0.3) is 0 Å². The number of hydrogen-bond acceptors (Lipinski definition) is 2. The number of anilines is 1. The number of benzene rings is 2. The van der Waals surface area contributed by atoms with Crippen molar-refractivity contribution < 1.29 is 4.39 Å². The molecule has 21 heavy (non-hydrogen) atoms. The Bertz CT molecular complexity index is 589. The van der Waals surface area contributed by atoms with Gasteiger partial charge < -0.3 is 11.1 Å². The van der Waals surface area contributed by atoms with Gasteiger partial charge in [0, 0.05) is 17.8 Å². The number of nitrogens with two attached hydrogens (primary N) is 1. The predicted octanol–water partition coefficient (Wildman–Crippen LogP) is 4.35. The average molecular weight is 351 g/mol. The maximum atomic E-state index is 13.3. The van der Waals surface area contributed by atoms with Gasteiger partial charge in [-0.25, -0.2) is 4.39 Å². The Morgan fingerprint density at radius 1 is 1.19 bits per heavy atom. The molecule has 0 saturated carbocycles. The molecule has 2 nitrogen and oxygen atoms in total. The highest BCUT2D eigenvalue weighted by molar-refractivity contribution is 9.10.